The van der Waals surface area contributed by atoms with Gasteiger partial charge in [0, 0.05) is 0 Å². The average Bonchev–Trinajstić information content (AvgIpc) is 2.04. The molecule has 0 aromatic heterocycles. The van der Waals surface area contributed by atoms with E-state index in [2.05, 4.69) is 39.4 Å². The predicted molar refractivity (Wildman–Crippen MR) is 56.9 cm³/mol. The maximum atomic E-state index is 4.21. The Morgan fingerprint density at radius 2 is 1.58 bits per heavy atom. The van der Waals surface area contributed by atoms with Crippen molar-refractivity contribution in [2.24, 2.45) is 10.9 Å². The van der Waals surface area contributed by atoms with E-state index in [-0.39, 0.29) is 5.54 Å². The second-order valence-corrected chi connectivity index (χ2v) is 4.09. The van der Waals surface area contributed by atoms with Crippen LogP contribution in [0.15, 0.2) is 4.99 Å². The van der Waals surface area contributed by atoms with Crippen molar-refractivity contribution in [1.82, 2.24) is 0 Å². The fraction of sp³-hybridized carbons (Fsp3) is 0.909. The third kappa shape index (κ3) is 3.38. The minimum absolute atomic E-state index is 0.0754. The summed E-state index contributed by atoms with van der Waals surface area (Å²) >= 11 is 0. The van der Waals surface area contributed by atoms with E-state index in [1.165, 1.54) is 25.7 Å². The van der Waals surface area contributed by atoms with Crippen LogP contribution < -0.4 is 0 Å². The zero-order valence-corrected chi connectivity index (χ0v) is 9.06. The van der Waals surface area contributed by atoms with Gasteiger partial charge in [-0.05, 0) is 39.3 Å². The first-order valence-corrected chi connectivity index (χ1v) is 5.06. The standard InChI is InChI=1S/C11H23N/c1-6-8-10(9-7-2)11(3,4)12-5/h10H,5-9H2,1-4H3. The van der Waals surface area contributed by atoms with Crippen LogP contribution in [-0.2, 0) is 0 Å². The molecular weight excluding hydrogens is 146 g/mol. The number of rotatable bonds is 6. The van der Waals surface area contributed by atoms with Crippen molar-refractivity contribution in [2.75, 3.05) is 0 Å². The summed E-state index contributed by atoms with van der Waals surface area (Å²) in [5, 5.41) is 0. The molecule has 0 amide bonds. The van der Waals surface area contributed by atoms with Gasteiger partial charge in [-0.1, -0.05) is 26.7 Å². The minimum atomic E-state index is 0.0754. The molecule has 0 saturated heterocycles. The molecule has 0 atom stereocenters. The van der Waals surface area contributed by atoms with Crippen LogP contribution >= 0.6 is 0 Å². The Labute approximate surface area is 77.3 Å². The summed E-state index contributed by atoms with van der Waals surface area (Å²) < 4.78 is 0. The molecular formula is C11H23N. The van der Waals surface area contributed by atoms with Crippen LogP contribution in [0.5, 0.6) is 0 Å². The SMILES string of the molecule is C=NC(C)(C)C(CCC)CCC. The molecule has 0 heterocycles. The van der Waals surface area contributed by atoms with Gasteiger partial charge in [0.2, 0.25) is 0 Å². The van der Waals surface area contributed by atoms with Crippen molar-refractivity contribution in [3.05, 3.63) is 0 Å². The second-order valence-electron chi connectivity index (χ2n) is 4.09. The number of aliphatic imine (C=N–C) groups is 1. The molecule has 0 saturated carbocycles. The van der Waals surface area contributed by atoms with Crippen molar-refractivity contribution in [3.63, 3.8) is 0 Å². The Kier molecular flexibility index (Phi) is 5.19. The summed E-state index contributed by atoms with van der Waals surface area (Å²) in [6.45, 7) is 12.5. The summed E-state index contributed by atoms with van der Waals surface area (Å²) in [5.74, 6) is 0.713. The van der Waals surface area contributed by atoms with Crippen molar-refractivity contribution < 1.29 is 0 Å². The Balaban J connectivity index is 4.16. The van der Waals surface area contributed by atoms with Gasteiger partial charge in [-0.3, -0.25) is 4.99 Å². The van der Waals surface area contributed by atoms with Gasteiger partial charge >= 0.3 is 0 Å². The molecule has 12 heavy (non-hydrogen) atoms. The fourth-order valence-electron chi connectivity index (χ4n) is 1.68. The number of nitrogens with zero attached hydrogens (tertiary/aromatic N) is 1. The highest BCUT2D eigenvalue weighted by atomic mass is 14.8. The van der Waals surface area contributed by atoms with Crippen molar-refractivity contribution >= 4 is 6.72 Å². The van der Waals surface area contributed by atoms with Gasteiger partial charge in [0.15, 0.2) is 0 Å². The van der Waals surface area contributed by atoms with E-state index < -0.39 is 0 Å². The molecule has 0 unspecified atom stereocenters. The largest absolute Gasteiger partial charge is 0.295 e. The van der Waals surface area contributed by atoms with E-state index in [1.807, 2.05) is 0 Å². The van der Waals surface area contributed by atoms with Gasteiger partial charge < -0.3 is 0 Å². The molecule has 1 nitrogen and oxygen atoms in total. The summed E-state index contributed by atoms with van der Waals surface area (Å²) in [6.07, 6.45) is 5.06. The highest BCUT2D eigenvalue weighted by Crippen LogP contribution is 2.29. The first-order chi connectivity index (χ1) is 5.58. The third-order valence-corrected chi connectivity index (χ3v) is 2.68. The van der Waals surface area contributed by atoms with Crippen molar-refractivity contribution in [3.8, 4) is 0 Å². The van der Waals surface area contributed by atoms with Crippen LogP contribution in [0.1, 0.15) is 53.4 Å². The summed E-state index contributed by atoms with van der Waals surface area (Å²) in [5.41, 5.74) is 0.0754. The molecule has 0 aliphatic heterocycles. The molecule has 72 valence electrons. The predicted octanol–water partition coefficient (Wildman–Crippen LogP) is 3.68. The molecule has 0 aliphatic rings. The highest BCUT2D eigenvalue weighted by Gasteiger charge is 2.25. The Morgan fingerprint density at radius 1 is 1.17 bits per heavy atom. The van der Waals surface area contributed by atoms with Crippen LogP contribution in [0.3, 0.4) is 0 Å². The van der Waals surface area contributed by atoms with E-state index in [0.29, 0.717) is 5.92 Å². The fourth-order valence-corrected chi connectivity index (χ4v) is 1.68. The lowest BCUT2D eigenvalue weighted by molar-refractivity contribution is 0.283. The van der Waals surface area contributed by atoms with E-state index in [9.17, 15) is 0 Å². The molecule has 1 heteroatoms. The van der Waals surface area contributed by atoms with E-state index in [4.69, 9.17) is 0 Å². The van der Waals surface area contributed by atoms with Crippen LogP contribution in [0.25, 0.3) is 0 Å². The minimum Gasteiger partial charge on any atom is -0.295 e. The first-order valence-electron chi connectivity index (χ1n) is 5.06. The van der Waals surface area contributed by atoms with Gasteiger partial charge in [0.25, 0.3) is 0 Å². The van der Waals surface area contributed by atoms with E-state index >= 15 is 0 Å². The first kappa shape index (κ1) is 11.7. The van der Waals surface area contributed by atoms with Crippen molar-refractivity contribution in [1.29, 1.82) is 0 Å². The number of hydrogen-bond donors (Lipinski definition) is 0. The smallest absolute Gasteiger partial charge is 0.0572 e. The molecule has 0 aromatic carbocycles. The Bertz CT molecular complexity index is 121. The van der Waals surface area contributed by atoms with Crippen molar-refractivity contribution in [2.45, 2.75) is 58.9 Å². The average molecular weight is 169 g/mol. The normalized spacial score (nSPS) is 12.1. The molecule has 0 radical (unpaired) electrons. The molecule has 0 aliphatic carbocycles. The Hall–Kier alpha value is -0.330. The topological polar surface area (TPSA) is 12.4 Å². The third-order valence-electron chi connectivity index (χ3n) is 2.68. The zero-order chi connectivity index (χ0) is 9.61. The van der Waals surface area contributed by atoms with E-state index in [1.54, 1.807) is 0 Å². The lowest BCUT2D eigenvalue weighted by Crippen LogP contribution is -2.28. The monoisotopic (exact) mass is 169 g/mol. The van der Waals surface area contributed by atoms with E-state index in [0.717, 1.165) is 0 Å². The lowest BCUT2D eigenvalue weighted by Gasteiger charge is -2.30. The Morgan fingerprint density at radius 3 is 1.83 bits per heavy atom. The zero-order valence-electron chi connectivity index (χ0n) is 9.06. The van der Waals surface area contributed by atoms with Gasteiger partial charge in [-0.25, -0.2) is 0 Å². The maximum absolute atomic E-state index is 4.21. The maximum Gasteiger partial charge on any atom is 0.0572 e. The van der Waals surface area contributed by atoms with Gasteiger partial charge in [-0.15, -0.1) is 0 Å². The van der Waals surface area contributed by atoms with Crippen LogP contribution in [0.2, 0.25) is 0 Å². The van der Waals surface area contributed by atoms with Gasteiger partial charge in [0.1, 0.15) is 0 Å². The molecule has 0 N–H and O–H groups in total. The quantitative estimate of drug-likeness (QED) is 0.538. The summed E-state index contributed by atoms with van der Waals surface area (Å²) in [6, 6.07) is 0. The van der Waals surface area contributed by atoms with Gasteiger partial charge in [-0.2, -0.15) is 0 Å². The molecule has 0 bridgehead atoms. The lowest BCUT2D eigenvalue weighted by atomic mass is 9.81. The van der Waals surface area contributed by atoms with Gasteiger partial charge in [0.05, 0.1) is 5.54 Å². The number of hydrogen-bond acceptors (Lipinski definition) is 1. The summed E-state index contributed by atoms with van der Waals surface area (Å²) in [4.78, 5) is 4.21. The van der Waals surface area contributed by atoms with Crippen LogP contribution in [0, 0.1) is 5.92 Å². The molecule has 0 fully saturated rings. The van der Waals surface area contributed by atoms with Crippen LogP contribution in [-0.4, -0.2) is 12.3 Å². The molecule has 0 aromatic rings. The van der Waals surface area contributed by atoms with Crippen LogP contribution in [0.4, 0.5) is 0 Å². The highest BCUT2D eigenvalue weighted by molar-refractivity contribution is 5.25. The molecule has 0 rings (SSSR count). The second kappa shape index (κ2) is 5.34. The molecule has 0 spiro atoms. The summed E-state index contributed by atoms with van der Waals surface area (Å²) in [7, 11) is 0.